The first-order valence-electron chi connectivity index (χ1n) is 11.7. The van der Waals surface area contributed by atoms with E-state index in [1.165, 1.54) is 4.41 Å². The van der Waals surface area contributed by atoms with E-state index in [-0.39, 0.29) is 11.3 Å². The summed E-state index contributed by atoms with van der Waals surface area (Å²) in [6, 6.07) is 15.2. The van der Waals surface area contributed by atoms with Crippen molar-refractivity contribution >= 4 is 21.7 Å². The predicted molar refractivity (Wildman–Crippen MR) is 130 cm³/mol. The minimum atomic E-state index is -3.83. The standard InChI is InChI=1S/C25H36N2O5S/c1-2-3-7-14-24(28)21-16-18-22(19-17-21)27(26-20-11-5-4-10-15-25(29)30)33(31,32)23-12-8-6-9-13-23/h6,8-9,12-13,16-19,24,26,28H,2-5,7,10-11,14-15,20H2,1H3,(H,29,30). The summed E-state index contributed by atoms with van der Waals surface area (Å²) < 4.78 is 27.8. The maximum Gasteiger partial charge on any atom is 0.303 e. The lowest BCUT2D eigenvalue weighted by atomic mass is 10.0. The number of aliphatic hydroxyl groups is 1. The van der Waals surface area contributed by atoms with Gasteiger partial charge in [0, 0.05) is 13.0 Å². The van der Waals surface area contributed by atoms with Crippen LogP contribution < -0.4 is 9.84 Å². The summed E-state index contributed by atoms with van der Waals surface area (Å²) in [6.45, 7) is 2.55. The number of unbranched alkanes of at least 4 members (excludes halogenated alkanes) is 5. The van der Waals surface area contributed by atoms with Crippen LogP contribution in [0.15, 0.2) is 59.5 Å². The van der Waals surface area contributed by atoms with Gasteiger partial charge in [0.25, 0.3) is 10.0 Å². The van der Waals surface area contributed by atoms with Crippen LogP contribution in [0.2, 0.25) is 0 Å². The van der Waals surface area contributed by atoms with Crippen LogP contribution in [0.5, 0.6) is 0 Å². The van der Waals surface area contributed by atoms with Crippen LogP contribution in [0.1, 0.15) is 76.4 Å². The van der Waals surface area contributed by atoms with Crippen LogP contribution in [-0.4, -0.2) is 31.1 Å². The Labute approximate surface area is 197 Å². The molecular weight excluding hydrogens is 440 g/mol. The van der Waals surface area contributed by atoms with Crippen LogP contribution in [0.4, 0.5) is 5.69 Å². The molecular formula is C25H36N2O5S. The first-order valence-corrected chi connectivity index (χ1v) is 13.1. The molecule has 0 heterocycles. The average molecular weight is 477 g/mol. The molecule has 2 aromatic rings. The molecule has 0 radical (unpaired) electrons. The molecule has 0 saturated heterocycles. The molecule has 0 saturated carbocycles. The minimum absolute atomic E-state index is 0.151. The minimum Gasteiger partial charge on any atom is -0.481 e. The molecule has 3 N–H and O–H groups in total. The summed E-state index contributed by atoms with van der Waals surface area (Å²) in [5.74, 6) is -0.799. The molecule has 182 valence electrons. The summed E-state index contributed by atoms with van der Waals surface area (Å²) in [4.78, 5) is 10.8. The lowest BCUT2D eigenvalue weighted by molar-refractivity contribution is -0.137. The number of carboxylic acids is 1. The van der Waals surface area contributed by atoms with Crippen molar-refractivity contribution in [2.75, 3.05) is 11.0 Å². The second-order valence-electron chi connectivity index (χ2n) is 8.15. The van der Waals surface area contributed by atoms with Gasteiger partial charge in [-0.15, -0.1) is 0 Å². The molecule has 0 spiro atoms. The van der Waals surface area contributed by atoms with Gasteiger partial charge in [0.05, 0.1) is 16.7 Å². The van der Waals surface area contributed by atoms with Gasteiger partial charge in [-0.3, -0.25) is 4.79 Å². The summed E-state index contributed by atoms with van der Waals surface area (Å²) in [6.07, 6.45) is 6.29. The largest absolute Gasteiger partial charge is 0.481 e. The van der Waals surface area contributed by atoms with E-state index in [0.29, 0.717) is 31.5 Å². The number of carboxylic acid groups (broad SMARTS) is 1. The van der Waals surface area contributed by atoms with Crippen molar-refractivity contribution in [2.45, 2.75) is 75.7 Å². The second-order valence-corrected chi connectivity index (χ2v) is 9.94. The SMILES string of the molecule is CCCCCC(O)c1ccc(N(NCCCCCCC(=O)O)S(=O)(=O)c2ccccc2)cc1. The fourth-order valence-corrected chi connectivity index (χ4v) is 4.91. The fourth-order valence-electron chi connectivity index (χ4n) is 3.53. The molecule has 0 amide bonds. The number of anilines is 1. The van der Waals surface area contributed by atoms with Gasteiger partial charge in [0.2, 0.25) is 0 Å². The van der Waals surface area contributed by atoms with Gasteiger partial charge in [-0.1, -0.05) is 69.4 Å². The van der Waals surface area contributed by atoms with E-state index in [0.717, 1.165) is 37.7 Å². The molecule has 0 bridgehead atoms. The maximum absolute atomic E-state index is 13.3. The molecule has 1 unspecified atom stereocenters. The number of hydrogen-bond donors (Lipinski definition) is 3. The van der Waals surface area contributed by atoms with E-state index < -0.39 is 22.1 Å². The normalized spacial score (nSPS) is 12.4. The molecule has 2 aromatic carbocycles. The Morgan fingerprint density at radius 3 is 2.24 bits per heavy atom. The van der Waals surface area contributed by atoms with Crippen molar-refractivity contribution in [3.05, 3.63) is 60.2 Å². The first kappa shape index (κ1) is 26.8. The Morgan fingerprint density at radius 2 is 1.61 bits per heavy atom. The molecule has 0 aromatic heterocycles. The zero-order valence-corrected chi connectivity index (χ0v) is 20.1. The topological polar surface area (TPSA) is 107 Å². The Balaban J connectivity index is 2.10. The van der Waals surface area contributed by atoms with Gasteiger partial charge in [-0.2, -0.15) is 12.8 Å². The van der Waals surface area contributed by atoms with Gasteiger partial charge < -0.3 is 10.2 Å². The van der Waals surface area contributed by atoms with Crippen molar-refractivity contribution in [2.24, 2.45) is 0 Å². The molecule has 2 rings (SSSR count). The predicted octanol–water partition coefficient (Wildman–Crippen LogP) is 5.04. The van der Waals surface area contributed by atoms with Crippen molar-refractivity contribution in [3.63, 3.8) is 0 Å². The van der Waals surface area contributed by atoms with Crippen molar-refractivity contribution in [1.82, 2.24) is 5.43 Å². The van der Waals surface area contributed by atoms with Crippen molar-refractivity contribution < 1.29 is 23.4 Å². The highest BCUT2D eigenvalue weighted by molar-refractivity contribution is 7.92. The Hall–Kier alpha value is -2.42. The Kier molecular flexibility index (Phi) is 11.4. The summed E-state index contributed by atoms with van der Waals surface area (Å²) in [5.41, 5.74) is 4.27. The zero-order chi connectivity index (χ0) is 24.1. The summed E-state index contributed by atoms with van der Waals surface area (Å²) >= 11 is 0. The van der Waals surface area contributed by atoms with Crippen LogP contribution >= 0.6 is 0 Å². The third kappa shape index (κ3) is 8.79. The lowest BCUT2D eigenvalue weighted by Gasteiger charge is -2.25. The van der Waals surface area contributed by atoms with Crippen LogP contribution in [0.25, 0.3) is 0 Å². The third-order valence-corrected chi connectivity index (χ3v) is 7.14. The molecule has 7 nitrogen and oxygen atoms in total. The van der Waals surface area contributed by atoms with E-state index in [9.17, 15) is 18.3 Å². The highest BCUT2D eigenvalue weighted by Gasteiger charge is 2.25. The van der Waals surface area contributed by atoms with E-state index in [4.69, 9.17) is 5.11 Å². The number of rotatable bonds is 16. The first-order chi connectivity index (χ1) is 15.9. The highest BCUT2D eigenvalue weighted by atomic mass is 32.2. The zero-order valence-electron chi connectivity index (χ0n) is 19.3. The van der Waals surface area contributed by atoms with Gasteiger partial charge >= 0.3 is 5.97 Å². The van der Waals surface area contributed by atoms with Gasteiger partial charge in [0.1, 0.15) is 0 Å². The third-order valence-electron chi connectivity index (χ3n) is 5.45. The summed E-state index contributed by atoms with van der Waals surface area (Å²) in [5, 5.41) is 19.1. The smallest absolute Gasteiger partial charge is 0.303 e. The van der Waals surface area contributed by atoms with E-state index in [2.05, 4.69) is 12.3 Å². The summed E-state index contributed by atoms with van der Waals surface area (Å²) in [7, 11) is -3.83. The number of carbonyl (C=O) groups is 1. The number of sulfonamides is 1. The highest BCUT2D eigenvalue weighted by Crippen LogP contribution is 2.26. The molecule has 0 aliphatic carbocycles. The quantitative estimate of drug-likeness (QED) is 0.232. The van der Waals surface area contributed by atoms with E-state index in [1.54, 1.807) is 54.6 Å². The molecule has 33 heavy (non-hydrogen) atoms. The second kappa shape index (κ2) is 14.0. The monoisotopic (exact) mass is 476 g/mol. The van der Waals surface area contributed by atoms with Crippen LogP contribution in [0, 0.1) is 0 Å². The molecule has 0 aliphatic heterocycles. The molecule has 8 heteroatoms. The van der Waals surface area contributed by atoms with Crippen LogP contribution in [0.3, 0.4) is 0 Å². The van der Waals surface area contributed by atoms with E-state index >= 15 is 0 Å². The Morgan fingerprint density at radius 1 is 0.939 bits per heavy atom. The maximum atomic E-state index is 13.3. The number of nitrogens with zero attached hydrogens (tertiary/aromatic N) is 1. The van der Waals surface area contributed by atoms with Crippen molar-refractivity contribution in [3.8, 4) is 0 Å². The number of hydrazine groups is 1. The average Bonchev–Trinajstić information content (AvgIpc) is 2.81. The lowest BCUT2D eigenvalue weighted by Crippen LogP contribution is -2.43. The number of benzene rings is 2. The number of nitrogens with one attached hydrogen (secondary N) is 1. The fraction of sp³-hybridized carbons (Fsp3) is 0.480. The Bertz CT molecular complexity index is 933. The number of aliphatic carboxylic acids is 1. The van der Waals surface area contributed by atoms with Gasteiger partial charge in [0.15, 0.2) is 0 Å². The van der Waals surface area contributed by atoms with E-state index in [1.807, 2.05) is 0 Å². The molecule has 0 fully saturated rings. The molecule has 1 atom stereocenters. The number of hydrogen-bond acceptors (Lipinski definition) is 5. The van der Waals surface area contributed by atoms with Crippen molar-refractivity contribution in [1.29, 1.82) is 0 Å². The van der Waals surface area contributed by atoms with Crippen LogP contribution in [-0.2, 0) is 14.8 Å². The molecule has 0 aliphatic rings. The van der Waals surface area contributed by atoms with Gasteiger partial charge in [-0.05, 0) is 49.1 Å². The van der Waals surface area contributed by atoms with Gasteiger partial charge in [-0.25, -0.2) is 5.43 Å². The number of aliphatic hydroxyl groups excluding tert-OH is 1.